The monoisotopic (exact) mass is 557 g/mol. The molecule has 40 heavy (non-hydrogen) atoms. The van der Waals surface area contributed by atoms with Crippen LogP contribution in [0.1, 0.15) is 5.56 Å². The number of rotatable bonds is 7. The molecule has 6 rings (SSSR count). The average Bonchev–Trinajstić information content (AvgIpc) is 3.55. The summed E-state index contributed by atoms with van der Waals surface area (Å²) in [7, 11) is 0.477. The van der Waals surface area contributed by atoms with Crippen LogP contribution in [0.25, 0.3) is 56.0 Å². The molecular weight excluding hydrogens is 533 g/mol. The van der Waals surface area contributed by atoms with E-state index in [2.05, 4.69) is 34.9 Å². The van der Waals surface area contributed by atoms with Crippen molar-refractivity contribution in [3.8, 4) is 33.8 Å². The van der Waals surface area contributed by atoms with Gasteiger partial charge >= 0.3 is 0 Å². The minimum Gasteiger partial charge on any atom is -0.376 e. The van der Waals surface area contributed by atoms with Crippen molar-refractivity contribution in [2.24, 2.45) is 0 Å². The number of fused-ring (bicyclic) bond motifs is 2. The number of H-pyrrole nitrogens is 2. The van der Waals surface area contributed by atoms with Gasteiger partial charge in [-0.2, -0.15) is 5.10 Å². The molecular formula is C27H24FN9O2S. The Hall–Kier alpha value is -4.75. The molecule has 202 valence electrons. The number of benzene rings is 1. The van der Waals surface area contributed by atoms with Crippen molar-refractivity contribution < 1.29 is 12.8 Å². The lowest BCUT2D eigenvalue weighted by atomic mass is 10.0. The van der Waals surface area contributed by atoms with E-state index in [4.69, 9.17) is 4.98 Å². The molecule has 0 saturated carbocycles. The first-order valence-electron chi connectivity index (χ1n) is 12.2. The maximum Gasteiger partial charge on any atom is 0.209 e. The Kier molecular flexibility index (Phi) is 6.24. The summed E-state index contributed by atoms with van der Waals surface area (Å²) in [6.07, 6.45) is 8.00. The van der Waals surface area contributed by atoms with Crippen LogP contribution in [-0.2, 0) is 16.6 Å². The van der Waals surface area contributed by atoms with Gasteiger partial charge in [-0.25, -0.2) is 32.5 Å². The van der Waals surface area contributed by atoms with Crippen LogP contribution >= 0.6 is 0 Å². The second-order valence-electron chi connectivity index (χ2n) is 9.60. The number of pyridine rings is 3. The van der Waals surface area contributed by atoms with Gasteiger partial charge in [0.15, 0.2) is 17.1 Å². The van der Waals surface area contributed by atoms with Crippen LogP contribution in [0.2, 0.25) is 0 Å². The number of hydrogen-bond donors (Lipinski definition) is 3. The summed E-state index contributed by atoms with van der Waals surface area (Å²) in [5.74, 6) is -0.0241. The molecule has 0 amide bonds. The van der Waals surface area contributed by atoms with E-state index in [0.717, 1.165) is 28.5 Å². The Morgan fingerprint density at radius 2 is 1.80 bits per heavy atom. The fourth-order valence-electron chi connectivity index (χ4n) is 4.45. The van der Waals surface area contributed by atoms with Gasteiger partial charge in [-0.15, -0.1) is 0 Å². The number of aromatic amines is 2. The van der Waals surface area contributed by atoms with Gasteiger partial charge in [-0.3, -0.25) is 10.1 Å². The SMILES string of the molecule is CN(C)c1cncc(-c2cnc3[nH]nc(-c4nc5c(-c6cc(F)cc(CNS(C)(=O)=O)c6)ccnc5[nH]4)c3c2)c1. The third kappa shape index (κ3) is 4.99. The fraction of sp³-hybridized carbons (Fsp3) is 0.148. The van der Waals surface area contributed by atoms with Gasteiger partial charge in [-0.1, -0.05) is 0 Å². The summed E-state index contributed by atoms with van der Waals surface area (Å²) in [5.41, 5.74) is 6.57. The highest BCUT2D eigenvalue weighted by Gasteiger charge is 2.18. The van der Waals surface area contributed by atoms with E-state index in [1.165, 1.54) is 12.1 Å². The molecule has 5 heterocycles. The predicted octanol–water partition coefficient (Wildman–Crippen LogP) is 3.88. The standard InChI is InChI=1S/C27H24FN9O2S/c1-37(2)20-9-17(12-29-14-20)18-10-22-24(35-36-25(22)31-13-18)27-33-23-21(4-5-30-26(23)34-27)16-6-15(7-19(28)8-16)11-32-40(3,38)39/h4-10,12-14,32H,11H2,1-3H3,(H,30,33,34)(H,31,35,36). The number of nitrogens with zero attached hydrogens (tertiary/aromatic N) is 6. The van der Waals surface area contributed by atoms with E-state index in [0.29, 0.717) is 45.0 Å². The summed E-state index contributed by atoms with van der Waals surface area (Å²) < 4.78 is 40.0. The zero-order valence-corrected chi connectivity index (χ0v) is 22.6. The smallest absolute Gasteiger partial charge is 0.209 e. The van der Waals surface area contributed by atoms with Gasteiger partial charge in [0, 0.05) is 55.9 Å². The molecule has 13 heteroatoms. The van der Waals surface area contributed by atoms with E-state index in [1.54, 1.807) is 36.9 Å². The fourth-order valence-corrected chi connectivity index (χ4v) is 4.88. The number of sulfonamides is 1. The van der Waals surface area contributed by atoms with Crippen LogP contribution in [0, 0.1) is 5.82 Å². The molecule has 6 aromatic rings. The third-order valence-electron chi connectivity index (χ3n) is 6.41. The van der Waals surface area contributed by atoms with Crippen LogP contribution in [-0.4, -0.2) is 63.9 Å². The molecule has 0 aliphatic rings. The molecule has 0 radical (unpaired) electrons. The molecule has 0 spiro atoms. The summed E-state index contributed by atoms with van der Waals surface area (Å²) in [6.45, 7) is -0.0365. The van der Waals surface area contributed by atoms with Gasteiger partial charge < -0.3 is 9.88 Å². The van der Waals surface area contributed by atoms with Gasteiger partial charge in [0.2, 0.25) is 10.0 Å². The van der Waals surface area contributed by atoms with Crippen molar-refractivity contribution in [2.75, 3.05) is 25.3 Å². The number of nitrogens with one attached hydrogen (secondary N) is 3. The number of anilines is 1. The Morgan fingerprint density at radius 3 is 2.60 bits per heavy atom. The maximum absolute atomic E-state index is 14.5. The van der Waals surface area contributed by atoms with E-state index in [9.17, 15) is 12.8 Å². The first-order chi connectivity index (χ1) is 19.1. The Bertz CT molecular complexity index is 2000. The lowest BCUT2D eigenvalue weighted by Gasteiger charge is -2.12. The van der Waals surface area contributed by atoms with Crippen molar-refractivity contribution in [1.82, 2.24) is 39.8 Å². The lowest BCUT2D eigenvalue weighted by molar-refractivity contribution is 0.586. The number of hydrogen-bond acceptors (Lipinski definition) is 8. The Balaban J connectivity index is 1.42. The van der Waals surface area contributed by atoms with Crippen LogP contribution in [0.3, 0.4) is 0 Å². The van der Waals surface area contributed by atoms with E-state index in [-0.39, 0.29) is 6.54 Å². The van der Waals surface area contributed by atoms with Gasteiger partial charge in [0.25, 0.3) is 0 Å². The first-order valence-corrected chi connectivity index (χ1v) is 14.1. The molecule has 0 aliphatic carbocycles. The van der Waals surface area contributed by atoms with Crippen LogP contribution < -0.4 is 9.62 Å². The molecule has 3 N–H and O–H groups in total. The second-order valence-corrected chi connectivity index (χ2v) is 11.4. The van der Waals surface area contributed by atoms with Gasteiger partial charge in [0.1, 0.15) is 17.0 Å². The van der Waals surface area contributed by atoms with E-state index < -0.39 is 15.8 Å². The summed E-state index contributed by atoms with van der Waals surface area (Å²) in [6, 6.07) is 10.1. The van der Waals surface area contributed by atoms with Gasteiger partial charge in [0.05, 0.1) is 23.5 Å². The predicted molar refractivity (Wildman–Crippen MR) is 151 cm³/mol. The minimum absolute atomic E-state index is 0.0365. The molecule has 0 unspecified atom stereocenters. The van der Waals surface area contributed by atoms with Crippen molar-refractivity contribution in [3.63, 3.8) is 0 Å². The quantitative estimate of drug-likeness (QED) is 0.268. The number of aromatic nitrogens is 7. The second kappa shape index (κ2) is 9.77. The molecule has 0 bridgehead atoms. The molecule has 0 atom stereocenters. The van der Waals surface area contributed by atoms with Crippen LogP contribution in [0.15, 0.2) is 61.2 Å². The molecule has 0 saturated heterocycles. The molecule has 11 nitrogen and oxygen atoms in total. The topological polar surface area (TPSA) is 145 Å². The maximum atomic E-state index is 14.5. The Labute approximate surface area is 228 Å². The molecule has 5 aromatic heterocycles. The van der Waals surface area contributed by atoms with Gasteiger partial charge in [-0.05, 0) is 47.5 Å². The normalized spacial score (nSPS) is 11.9. The number of imidazole rings is 1. The minimum atomic E-state index is -3.43. The van der Waals surface area contributed by atoms with Crippen LogP contribution in [0.5, 0.6) is 0 Å². The molecule has 0 aliphatic heterocycles. The summed E-state index contributed by atoms with van der Waals surface area (Å²) in [5, 5.41) is 8.17. The lowest BCUT2D eigenvalue weighted by Crippen LogP contribution is -2.21. The number of halogens is 1. The average molecular weight is 558 g/mol. The summed E-state index contributed by atoms with van der Waals surface area (Å²) >= 11 is 0. The highest BCUT2D eigenvalue weighted by Crippen LogP contribution is 2.33. The van der Waals surface area contributed by atoms with E-state index >= 15 is 0 Å². The molecule has 1 aromatic carbocycles. The Morgan fingerprint density at radius 1 is 0.975 bits per heavy atom. The first kappa shape index (κ1) is 25.5. The van der Waals surface area contributed by atoms with Crippen molar-refractivity contribution in [1.29, 1.82) is 0 Å². The third-order valence-corrected chi connectivity index (χ3v) is 7.07. The largest absolute Gasteiger partial charge is 0.376 e. The highest BCUT2D eigenvalue weighted by molar-refractivity contribution is 7.88. The van der Waals surface area contributed by atoms with Crippen molar-refractivity contribution >= 4 is 37.9 Å². The van der Waals surface area contributed by atoms with Crippen LogP contribution in [0.4, 0.5) is 10.1 Å². The zero-order valence-electron chi connectivity index (χ0n) is 21.8. The zero-order chi connectivity index (χ0) is 28.0. The molecule has 0 fully saturated rings. The highest BCUT2D eigenvalue weighted by atomic mass is 32.2. The van der Waals surface area contributed by atoms with E-state index in [1.807, 2.05) is 31.1 Å². The van der Waals surface area contributed by atoms with Crippen molar-refractivity contribution in [3.05, 3.63) is 72.6 Å². The summed E-state index contributed by atoms with van der Waals surface area (Å²) in [4.78, 5) is 23.3. The van der Waals surface area contributed by atoms with Crippen molar-refractivity contribution in [2.45, 2.75) is 6.54 Å².